The van der Waals surface area contributed by atoms with Crippen molar-refractivity contribution < 1.29 is 15.0 Å². The largest absolute Gasteiger partial charge is 0.513 e. The Morgan fingerprint density at radius 1 is 0.952 bits per heavy atom. The van der Waals surface area contributed by atoms with Gasteiger partial charge in [-0.05, 0) is 103 Å². The fourth-order valence-electron chi connectivity index (χ4n) is 5.86. The summed E-state index contributed by atoms with van der Waals surface area (Å²) < 4.78 is 0. The molecule has 0 aromatic heterocycles. The summed E-state index contributed by atoms with van der Waals surface area (Å²) in [6, 6.07) is 13.8. The molecule has 0 fully saturated rings. The molecule has 1 atom stereocenters. The van der Waals surface area contributed by atoms with E-state index in [0.717, 1.165) is 56.1 Å². The molecule has 0 amide bonds. The van der Waals surface area contributed by atoms with Crippen molar-refractivity contribution >= 4 is 11.4 Å². The Kier molecular flexibility index (Phi) is 15.0. The van der Waals surface area contributed by atoms with Crippen LogP contribution in [0.25, 0.3) is 5.57 Å². The topological polar surface area (TPSA) is 57.5 Å². The van der Waals surface area contributed by atoms with Crippen LogP contribution in [0.2, 0.25) is 0 Å². The molecule has 2 aromatic carbocycles. The van der Waals surface area contributed by atoms with Crippen LogP contribution in [0.5, 0.6) is 0 Å². The van der Waals surface area contributed by atoms with Crippen molar-refractivity contribution in [2.45, 2.75) is 140 Å². The summed E-state index contributed by atoms with van der Waals surface area (Å²) in [5, 5.41) is 19.2. The highest BCUT2D eigenvalue weighted by Gasteiger charge is 2.33. The molecule has 2 N–H and O–H groups in total. The van der Waals surface area contributed by atoms with Crippen LogP contribution in [0.4, 0.5) is 0 Å². The van der Waals surface area contributed by atoms with Gasteiger partial charge in [-0.15, -0.1) is 0 Å². The minimum atomic E-state index is -0.301. The molecular formula is C39H60O3. The van der Waals surface area contributed by atoms with E-state index in [4.69, 9.17) is 5.11 Å². The summed E-state index contributed by atoms with van der Waals surface area (Å²) in [7, 11) is 0. The predicted octanol–water partition coefficient (Wildman–Crippen LogP) is 10.6. The lowest BCUT2D eigenvalue weighted by Crippen LogP contribution is -2.27. The summed E-state index contributed by atoms with van der Waals surface area (Å²) in [6.45, 7) is 24.8. The molecule has 3 rings (SSSR count). The van der Waals surface area contributed by atoms with Crippen LogP contribution in [0, 0.1) is 12.3 Å². The smallest absolute Gasteiger partial charge is 0.156 e. The van der Waals surface area contributed by atoms with Gasteiger partial charge in [-0.25, -0.2) is 0 Å². The van der Waals surface area contributed by atoms with E-state index in [9.17, 15) is 9.90 Å². The molecule has 0 aliphatic heterocycles. The average Bonchev–Trinajstić information content (AvgIpc) is 3.30. The zero-order chi connectivity index (χ0) is 32.3. The third-order valence-electron chi connectivity index (χ3n) is 8.90. The number of benzene rings is 2. The van der Waals surface area contributed by atoms with Gasteiger partial charge in [0.1, 0.15) is 0 Å². The number of aliphatic hydroxyl groups is 2. The van der Waals surface area contributed by atoms with Gasteiger partial charge in [-0.3, -0.25) is 4.79 Å². The Balaban J connectivity index is 0.000000858. The van der Waals surface area contributed by atoms with Gasteiger partial charge >= 0.3 is 0 Å². The van der Waals surface area contributed by atoms with Crippen molar-refractivity contribution in [2.24, 2.45) is 5.41 Å². The molecule has 1 aliphatic carbocycles. The molecule has 0 radical (unpaired) electrons. The summed E-state index contributed by atoms with van der Waals surface area (Å²) in [4.78, 5) is 12.1. The first-order valence-corrected chi connectivity index (χ1v) is 16.3. The predicted molar refractivity (Wildman–Crippen MR) is 182 cm³/mol. The van der Waals surface area contributed by atoms with Crippen LogP contribution in [-0.2, 0) is 23.1 Å². The summed E-state index contributed by atoms with van der Waals surface area (Å²) in [5.74, 6) is 0.688. The molecular weight excluding hydrogens is 516 g/mol. The number of aryl methyl sites for hydroxylation is 2. The van der Waals surface area contributed by atoms with Gasteiger partial charge in [-0.2, -0.15) is 0 Å². The quantitative estimate of drug-likeness (QED) is 0.277. The van der Waals surface area contributed by atoms with E-state index in [1.54, 1.807) is 6.92 Å². The van der Waals surface area contributed by atoms with Crippen molar-refractivity contribution in [3.8, 4) is 0 Å². The van der Waals surface area contributed by atoms with Gasteiger partial charge in [-0.1, -0.05) is 98.7 Å². The molecule has 0 bridgehead atoms. The van der Waals surface area contributed by atoms with Crippen LogP contribution in [0.15, 0.2) is 53.8 Å². The number of fused-ring (bicyclic) bond motifs is 1. The summed E-state index contributed by atoms with van der Waals surface area (Å²) in [6.07, 6.45) is 7.68. The summed E-state index contributed by atoms with van der Waals surface area (Å²) in [5.41, 5.74) is 9.79. The minimum absolute atomic E-state index is 0.0531. The first-order chi connectivity index (χ1) is 19.7. The third-order valence-corrected chi connectivity index (χ3v) is 8.90. The van der Waals surface area contributed by atoms with Gasteiger partial charge in [0, 0.05) is 23.8 Å². The molecule has 0 saturated heterocycles. The second kappa shape index (κ2) is 16.8. The molecule has 1 unspecified atom stereocenters. The molecule has 42 heavy (non-hydrogen) atoms. The van der Waals surface area contributed by atoms with E-state index in [1.807, 2.05) is 33.8 Å². The van der Waals surface area contributed by atoms with E-state index in [1.165, 1.54) is 33.4 Å². The minimum Gasteiger partial charge on any atom is -0.513 e. The van der Waals surface area contributed by atoms with Gasteiger partial charge in [0.15, 0.2) is 5.78 Å². The zero-order valence-corrected chi connectivity index (χ0v) is 28.9. The molecule has 0 heterocycles. The number of ketones is 1. The maximum atomic E-state index is 12.1. The molecule has 0 spiro atoms. The monoisotopic (exact) mass is 576 g/mol. The number of hydrogen-bond acceptors (Lipinski definition) is 3. The molecule has 234 valence electrons. The maximum absolute atomic E-state index is 12.1. The molecule has 0 saturated carbocycles. The maximum Gasteiger partial charge on any atom is 0.156 e. The van der Waals surface area contributed by atoms with Crippen molar-refractivity contribution in [1.29, 1.82) is 0 Å². The van der Waals surface area contributed by atoms with Gasteiger partial charge in [0.05, 0.1) is 11.9 Å². The summed E-state index contributed by atoms with van der Waals surface area (Å²) >= 11 is 0. The second-order valence-electron chi connectivity index (χ2n) is 12.5. The number of hydrogen-bond donors (Lipinski definition) is 2. The van der Waals surface area contributed by atoms with Crippen LogP contribution in [0.1, 0.15) is 142 Å². The lowest BCUT2D eigenvalue weighted by molar-refractivity contribution is -0.113. The van der Waals surface area contributed by atoms with Crippen LogP contribution in [-0.4, -0.2) is 22.1 Å². The zero-order valence-electron chi connectivity index (χ0n) is 28.9. The molecule has 3 nitrogen and oxygen atoms in total. The first kappa shape index (κ1) is 37.4. The standard InChI is InChI=1S/C31H42O2.C6H12O.C2H6/c1-9-31(10-2,26-15-12-24-18-27(22(5)32)21(4)28(24)19-26)25-14-11-23(20(3)17-25)13-16-29(33)30(6,7)8;1-3-5-6(7)4-2;1-2/h11-12,14-15,17,19,29,33H,9-10,13,16,18H2,1-8H3;5,7H,3-4H2,1-2H3;1-2H3/b;6-5+;. The fourth-order valence-corrected chi connectivity index (χ4v) is 5.86. The van der Waals surface area contributed by atoms with Crippen molar-refractivity contribution in [3.63, 3.8) is 0 Å². The fraction of sp³-hybridized carbons (Fsp3) is 0.564. The Hall–Kier alpha value is -2.65. The number of aliphatic hydroxyl groups excluding tert-OH is 2. The number of allylic oxidation sites excluding steroid dienone is 4. The Morgan fingerprint density at radius 3 is 1.98 bits per heavy atom. The van der Waals surface area contributed by atoms with Gasteiger partial charge in [0.2, 0.25) is 0 Å². The van der Waals surface area contributed by atoms with E-state index in [0.29, 0.717) is 5.76 Å². The van der Waals surface area contributed by atoms with E-state index >= 15 is 0 Å². The van der Waals surface area contributed by atoms with Crippen molar-refractivity contribution in [3.05, 3.63) is 87.2 Å². The highest BCUT2D eigenvalue weighted by molar-refractivity contribution is 6.03. The SMILES string of the molecule is CC.CC/C=C(/O)CC.CCC(CC)(c1ccc(CCC(O)C(C)(C)C)c(C)c1)c1ccc2c(c1)C(C)=C(C(C)=O)C2. The van der Waals surface area contributed by atoms with E-state index < -0.39 is 0 Å². The normalized spacial score (nSPS) is 14.0. The van der Waals surface area contributed by atoms with Crippen molar-refractivity contribution in [1.82, 2.24) is 0 Å². The number of carbonyl (C=O) groups is 1. The van der Waals surface area contributed by atoms with E-state index in [-0.39, 0.29) is 22.7 Å². The van der Waals surface area contributed by atoms with Gasteiger partial charge < -0.3 is 10.2 Å². The third kappa shape index (κ3) is 9.17. The second-order valence-corrected chi connectivity index (χ2v) is 12.5. The van der Waals surface area contributed by atoms with Crippen molar-refractivity contribution in [2.75, 3.05) is 0 Å². The molecule has 1 aliphatic rings. The van der Waals surface area contributed by atoms with E-state index in [2.05, 4.69) is 84.9 Å². The number of carbonyl (C=O) groups excluding carboxylic acids is 1. The Labute approximate surface area is 258 Å². The highest BCUT2D eigenvalue weighted by Crippen LogP contribution is 2.43. The molecule has 3 heteroatoms. The van der Waals surface area contributed by atoms with Crippen LogP contribution < -0.4 is 0 Å². The lowest BCUT2D eigenvalue weighted by Gasteiger charge is -2.34. The Morgan fingerprint density at radius 2 is 1.52 bits per heavy atom. The lowest BCUT2D eigenvalue weighted by atomic mass is 9.69. The average molecular weight is 577 g/mol. The van der Waals surface area contributed by atoms with Gasteiger partial charge in [0.25, 0.3) is 0 Å². The first-order valence-electron chi connectivity index (χ1n) is 16.3. The van der Waals surface area contributed by atoms with Crippen LogP contribution in [0.3, 0.4) is 0 Å². The van der Waals surface area contributed by atoms with Crippen LogP contribution >= 0.6 is 0 Å². The Bertz CT molecular complexity index is 1220. The number of Topliss-reactive ketones (excluding diaryl/α,β-unsaturated/α-hetero) is 1. The highest BCUT2D eigenvalue weighted by atomic mass is 16.3. The number of rotatable bonds is 10. The molecule has 2 aromatic rings.